The van der Waals surface area contributed by atoms with E-state index in [1.54, 1.807) is 0 Å². The molecular weight excluding hydrogens is 254 g/mol. The van der Waals surface area contributed by atoms with Crippen molar-refractivity contribution in [3.8, 4) is 0 Å². The summed E-state index contributed by atoms with van der Waals surface area (Å²) in [5.41, 5.74) is 0. The first-order chi connectivity index (χ1) is 8.91. The molecule has 0 saturated carbocycles. The van der Waals surface area contributed by atoms with Gasteiger partial charge in [0.05, 0.1) is 13.1 Å². The molecule has 0 aliphatic carbocycles. The third-order valence-corrected chi connectivity index (χ3v) is 3.75. The Kier molecular flexibility index (Phi) is 23.3. The summed E-state index contributed by atoms with van der Waals surface area (Å²) in [4.78, 5) is 0. The minimum atomic E-state index is 0. The van der Waals surface area contributed by atoms with E-state index < -0.39 is 0 Å². The fourth-order valence-electron chi connectivity index (χ4n) is 2.48. The number of rotatable bonds is 15. The lowest BCUT2D eigenvalue weighted by atomic mass is 10.1. The third-order valence-electron chi connectivity index (χ3n) is 3.75. The van der Waals surface area contributed by atoms with Crippen molar-refractivity contribution in [2.75, 3.05) is 13.1 Å². The second-order valence-corrected chi connectivity index (χ2v) is 5.76. The van der Waals surface area contributed by atoms with E-state index in [-0.39, 0.29) is 12.4 Å². The highest BCUT2D eigenvalue weighted by Crippen LogP contribution is 2.11. The minimum absolute atomic E-state index is 0. The van der Waals surface area contributed by atoms with Gasteiger partial charge in [0, 0.05) is 0 Å². The van der Waals surface area contributed by atoms with Crippen LogP contribution in [0.3, 0.4) is 0 Å². The van der Waals surface area contributed by atoms with Crippen LogP contribution in [0.1, 0.15) is 97.3 Å². The first kappa shape index (κ1) is 21.5. The van der Waals surface area contributed by atoms with Gasteiger partial charge in [-0.15, -0.1) is 0 Å². The standard InChI is InChI=1S/C17H37N.ClH/c1-3-5-6-7-8-9-10-11-12-13-14-15-17-18-16-4-2;/h18H,3-17H2,1-2H3;1H. The van der Waals surface area contributed by atoms with Gasteiger partial charge in [-0.3, -0.25) is 0 Å². The average molecular weight is 292 g/mol. The minimum Gasteiger partial charge on any atom is -1.00 e. The van der Waals surface area contributed by atoms with Crippen LogP contribution >= 0.6 is 0 Å². The van der Waals surface area contributed by atoms with Crippen molar-refractivity contribution in [2.24, 2.45) is 0 Å². The molecule has 0 radical (unpaired) electrons. The number of quaternary nitrogens is 1. The molecule has 0 atom stereocenters. The molecule has 0 aromatic carbocycles. The molecule has 0 aromatic heterocycles. The number of unbranched alkanes of at least 4 members (excludes halogenated alkanes) is 11. The van der Waals surface area contributed by atoms with E-state index in [0.717, 1.165) is 0 Å². The molecule has 0 unspecified atom stereocenters. The van der Waals surface area contributed by atoms with Gasteiger partial charge in [-0.05, 0) is 19.3 Å². The summed E-state index contributed by atoms with van der Waals surface area (Å²) in [5.74, 6) is 0. The summed E-state index contributed by atoms with van der Waals surface area (Å²) in [5, 5.41) is 2.47. The lowest BCUT2D eigenvalue weighted by Crippen LogP contribution is -3.00. The van der Waals surface area contributed by atoms with Crippen LogP contribution in [0.4, 0.5) is 0 Å². The fraction of sp³-hybridized carbons (Fsp3) is 1.00. The Morgan fingerprint density at radius 1 is 0.474 bits per heavy atom. The van der Waals surface area contributed by atoms with Crippen molar-refractivity contribution in [1.82, 2.24) is 0 Å². The summed E-state index contributed by atoms with van der Waals surface area (Å²) in [6, 6.07) is 0. The molecule has 0 aliphatic heterocycles. The van der Waals surface area contributed by atoms with Crippen LogP contribution in [0.2, 0.25) is 0 Å². The molecule has 0 aromatic rings. The normalized spacial score (nSPS) is 10.4. The van der Waals surface area contributed by atoms with Gasteiger partial charge in [0.25, 0.3) is 0 Å². The van der Waals surface area contributed by atoms with Crippen LogP contribution in [0.15, 0.2) is 0 Å². The van der Waals surface area contributed by atoms with Gasteiger partial charge in [-0.2, -0.15) is 0 Å². The van der Waals surface area contributed by atoms with Crippen molar-refractivity contribution in [1.29, 1.82) is 0 Å². The molecule has 1 nitrogen and oxygen atoms in total. The quantitative estimate of drug-likeness (QED) is 0.442. The maximum atomic E-state index is 2.47. The number of nitrogens with two attached hydrogens (primary N) is 1. The van der Waals surface area contributed by atoms with Gasteiger partial charge in [0.1, 0.15) is 0 Å². The van der Waals surface area contributed by atoms with E-state index in [1.165, 1.54) is 96.6 Å². The van der Waals surface area contributed by atoms with Gasteiger partial charge in [0.2, 0.25) is 0 Å². The summed E-state index contributed by atoms with van der Waals surface area (Å²) < 4.78 is 0. The molecule has 0 rings (SSSR count). The lowest BCUT2D eigenvalue weighted by molar-refractivity contribution is -0.655. The highest BCUT2D eigenvalue weighted by atomic mass is 35.5. The molecule has 0 amide bonds. The van der Waals surface area contributed by atoms with Gasteiger partial charge >= 0.3 is 0 Å². The Bertz CT molecular complexity index is 123. The van der Waals surface area contributed by atoms with E-state index in [2.05, 4.69) is 19.2 Å². The van der Waals surface area contributed by atoms with E-state index >= 15 is 0 Å². The number of hydrogen-bond donors (Lipinski definition) is 1. The summed E-state index contributed by atoms with van der Waals surface area (Å²) in [6.45, 7) is 7.22. The van der Waals surface area contributed by atoms with Crippen molar-refractivity contribution >= 4 is 0 Å². The molecule has 0 heterocycles. The number of hydrogen-bond acceptors (Lipinski definition) is 0. The SMILES string of the molecule is CCCCCCCCCCCCCC[NH2+]CCC.[Cl-]. The smallest absolute Gasteiger partial charge is 0.0755 e. The zero-order valence-corrected chi connectivity index (χ0v) is 14.3. The fourth-order valence-corrected chi connectivity index (χ4v) is 2.48. The maximum absolute atomic E-state index is 2.47. The van der Waals surface area contributed by atoms with Gasteiger partial charge in [-0.25, -0.2) is 0 Å². The highest BCUT2D eigenvalue weighted by Gasteiger charge is 1.94. The molecule has 2 N–H and O–H groups in total. The van der Waals surface area contributed by atoms with E-state index in [4.69, 9.17) is 0 Å². The summed E-state index contributed by atoms with van der Waals surface area (Å²) in [6.07, 6.45) is 18.8. The Hall–Kier alpha value is 0.250. The Morgan fingerprint density at radius 3 is 1.32 bits per heavy atom. The number of halogens is 1. The Morgan fingerprint density at radius 2 is 0.895 bits per heavy atom. The Labute approximate surface area is 128 Å². The monoisotopic (exact) mass is 291 g/mol. The van der Waals surface area contributed by atoms with Crippen LogP contribution in [0, 0.1) is 0 Å². The van der Waals surface area contributed by atoms with Crippen molar-refractivity contribution in [3.05, 3.63) is 0 Å². The molecular formula is C17H38ClN. The summed E-state index contributed by atoms with van der Waals surface area (Å²) in [7, 11) is 0. The van der Waals surface area contributed by atoms with Crippen molar-refractivity contribution in [2.45, 2.75) is 97.3 Å². The van der Waals surface area contributed by atoms with Crippen LogP contribution in [0.5, 0.6) is 0 Å². The largest absolute Gasteiger partial charge is 1.00 e. The van der Waals surface area contributed by atoms with E-state index in [0.29, 0.717) is 0 Å². The first-order valence-electron chi connectivity index (χ1n) is 8.73. The van der Waals surface area contributed by atoms with Crippen LogP contribution in [-0.4, -0.2) is 13.1 Å². The first-order valence-corrected chi connectivity index (χ1v) is 8.73. The molecule has 0 aliphatic rings. The highest BCUT2D eigenvalue weighted by molar-refractivity contribution is 4.48. The Balaban J connectivity index is 0. The maximum Gasteiger partial charge on any atom is 0.0755 e. The predicted molar refractivity (Wildman–Crippen MR) is 83.0 cm³/mol. The lowest BCUT2D eigenvalue weighted by Gasteiger charge is -2.02. The predicted octanol–water partition coefficient (Wildman–Crippen LogP) is 1.66. The topological polar surface area (TPSA) is 16.6 Å². The molecule has 118 valence electrons. The third kappa shape index (κ3) is 20.7. The average Bonchev–Trinajstić information content (AvgIpc) is 2.39. The van der Waals surface area contributed by atoms with Crippen LogP contribution in [0.25, 0.3) is 0 Å². The zero-order valence-electron chi connectivity index (χ0n) is 13.6. The molecule has 2 heteroatoms. The van der Waals surface area contributed by atoms with Crippen molar-refractivity contribution < 1.29 is 17.7 Å². The van der Waals surface area contributed by atoms with Gasteiger partial charge in [0.15, 0.2) is 0 Å². The van der Waals surface area contributed by atoms with E-state index in [1.807, 2.05) is 0 Å². The molecule has 19 heavy (non-hydrogen) atoms. The zero-order chi connectivity index (χ0) is 13.3. The molecule has 0 saturated heterocycles. The molecule has 0 fully saturated rings. The van der Waals surface area contributed by atoms with Crippen molar-refractivity contribution in [3.63, 3.8) is 0 Å². The van der Waals surface area contributed by atoms with Crippen LogP contribution < -0.4 is 17.7 Å². The van der Waals surface area contributed by atoms with Gasteiger partial charge in [-0.1, -0.05) is 78.1 Å². The second kappa shape index (κ2) is 20.6. The molecule has 0 spiro atoms. The molecule has 0 bridgehead atoms. The second-order valence-electron chi connectivity index (χ2n) is 5.76. The summed E-state index contributed by atoms with van der Waals surface area (Å²) >= 11 is 0. The van der Waals surface area contributed by atoms with Crippen LogP contribution in [-0.2, 0) is 0 Å². The van der Waals surface area contributed by atoms with Gasteiger partial charge < -0.3 is 17.7 Å². The van der Waals surface area contributed by atoms with E-state index in [9.17, 15) is 0 Å².